The fourth-order valence-corrected chi connectivity index (χ4v) is 2.24. The zero-order chi connectivity index (χ0) is 19.2. The lowest BCUT2D eigenvalue weighted by atomic mass is 10.2. The van der Waals surface area contributed by atoms with E-state index in [1.54, 1.807) is 30.3 Å². The third-order valence-corrected chi connectivity index (χ3v) is 3.57. The molecule has 27 heavy (non-hydrogen) atoms. The van der Waals surface area contributed by atoms with Gasteiger partial charge < -0.3 is 19.5 Å². The lowest BCUT2D eigenvalue weighted by Gasteiger charge is -2.10. The van der Waals surface area contributed by atoms with Gasteiger partial charge in [-0.25, -0.2) is 14.4 Å². The van der Waals surface area contributed by atoms with E-state index in [4.69, 9.17) is 14.2 Å². The highest BCUT2D eigenvalue weighted by Gasteiger charge is 2.12. The number of benzene rings is 2. The number of nitrogens with one attached hydrogen (secondary N) is 1. The van der Waals surface area contributed by atoms with Crippen molar-refractivity contribution < 1.29 is 23.4 Å². The van der Waals surface area contributed by atoms with Crippen LogP contribution in [0.5, 0.6) is 23.3 Å². The quantitative estimate of drug-likeness (QED) is 0.714. The van der Waals surface area contributed by atoms with E-state index in [0.717, 1.165) is 0 Å². The van der Waals surface area contributed by atoms with E-state index in [1.165, 1.54) is 38.7 Å². The van der Waals surface area contributed by atoms with Crippen LogP contribution in [0.2, 0.25) is 0 Å². The summed E-state index contributed by atoms with van der Waals surface area (Å²) in [6, 6.07) is 10.7. The minimum atomic E-state index is -0.521. The summed E-state index contributed by atoms with van der Waals surface area (Å²) in [4.78, 5) is 20.3. The maximum absolute atomic E-state index is 13.6. The highest BCUT2D eigenvalue weighted by atomic mass is 19.1. The van der Waals surface area contributed by atoms with Crippen LogP contribution in [-0.2, 0) is 0 Å². The smallest absolute Gasteiger partial charge is 0.322 e. The molecule has 0 bridgehead atoms. The molecular weight excluding hydrogens is 353 g/mol. The Labute approximate surface area is 154 Å². The van der Waals surface area contributed by atoms with Crippen molar-refractivity contribution in [1.82, 2.24) is 9.97 Å². The predicted molar refractivity (Wildman–Crippen MR) is 96.0 cm³/mol. The summed E-state index contributed by atoms with van der Waals surface area (Å²) in [5.74, 6) is 0.0796. The van der Waals surface area contributed by atoms with Gasteiger partial charge in [0, 0.05) is 5.56 Å². The van der Waals surface area contributed by atoms with Crippen LogP contribution in [0.1, 0.15) is 10.4 Å². The molecule has 3 aromatic rings. The van der Waals surface area contributed by atoms with Gasteiger partial charge in [-0.2, -0.15) is 0 Å². The van der Waals surface area contributed by atoms with Crippen LogP contribution in [0.4, 0.5) is 10.1 Å². The summed E-state index contributed by atoms with van der Waals surface area (Å²) in [5.41, 5.74) is 0.731. The van der Waals surface area contributed by atoms with Gasteiger partial charge in [-0.1, -0.05) is 12.1 Å². The van der Waals surface area contributed by atoms with Gasteiger partial charge in [-0.15, -0.1) is 0 Å². The Bertz CT molecular complexity index is 948. The Morgan fingerprint density at radius 3 is 2.33 bits per heavy atom. The molecule has 0 aliphatic carbocycles. The van der Waals surface area contributed by atoms with Crippen LogP contribution < -0.4 is 19.5 Å². The Hall–Kier alpha value is -3.68. The van der Waals surface area contributed by atoms with Crippen molar-refractivity contribution in [1.29, 1.82) is 0 Å². The van der Waals surface area contributed by atoms with E-state index >= 15 is 0 Å². The summed E-state index contributed by atoms with van der Waals surface area (Å²) < 4.78 is 29.2. The van der Waals surface area contributed by atoms with E-state index in [-0.39, 0.29) is 17.7 Å². The SMILES string of the molecule is COc1ccc(C(=O)Nc2cnc(Oc3ccccc3F)nc2)cc1OC. The zero-order valence-electron chi connectivity index (χ0n) is 14.6. The van der Waals surface area contributed by atoms with Crippen LogP contribution in [0.15, 0.2) is 54.9 Å². The van der Waals surface area contributed by atoms with Gasteiger partial charge in [0.25, 0.3) is 5.91 Å². The number of nitrogens with zero attached hydrogens (tertiary/aromatic N) is 2. The normalized spacial score (nSPS) is 10.2. The zero-order valence-corrected chi connectivity index (χ0v) is 14.6. The molecule has 0 aliphatic heterocycles. The molecule has 0 spiro atoms. The standard InChI is InChI=1S/C19H16FN3O4/c1-25-16-8-7-12(9-17(16)26-2)18(24)23-13-10-21-19(22-11-13)27-15-6-4-3-5-14(15)20/h3-11H,1-2H3,(H,23,24). The van der Waals surface area contributed by atoms with Crippen molar-refractivity contribution in [2.24, 2.45) is 0 Å². The van der Waals surface area contributed by atoms with E-state index in [1.807, 2.05) is 0 Å². The van der Waals surface area contributed by atoms with Crippen LogP contribution in [0.3, 0.4) is 0 Å². The first-order chi connectivity index (χ1) is 13.1. The molecule has 8 heteroatoms. The highest BCUT2D eigenvalue weighted by molar-refractivity contribution is 6.04. The molecule has 3 rings (SSSR count). The van der Waals surface area contributed by atoms with Gasteiger partial charge in [-0.3, -0.25) is 4.79 Å². The number of para-hydroxylation sites is 1. The Morgan fingerprint density at radius 1 is 0.963 bits per heavy atom. The van der Waals surface area contributed by atoms with Gasteiger partial charge in [0.2, 0.25) is 0 Å². The minimum absolute atomic E-state index is 0.0135. The molecular formula is C19H16FN3O4. The van der Waals surface area contributed by atoms with E-state index in [2.05, 4.69) is 15.3 Å². The molecule has 0 radical (unpaired) electrons. The minimum Gasteiger partial charge on any atom is -0.493 e. The monoisotopic (exact) mass is 369 g/mol. The average molecular weight is 369 g/mol. The topological polar surface area (TPSA) is 82.6 Å². The fourth-order valence-electron chi connectivity index (χ4n) is 2.24. The second kappa shape index (κ2) is 8.13. The predicted octanol–water partition coefficient (Wildman–Crippen LogP) is 3.68. The number of halogens is 1. The number of rotatable bonds is 6. The Balaban J connectivity index is 1.69. The molecule has 0 aliphatic rings. The molecule has 0 unspecified atom stereocenters. The molecule has 138 valence electrons. The number of anilines is 1. The van der Waals surface area contributed by atoms with Gasteiger partial charge >= 0.3 is 6.01 Å². The van der Waals surface area contributed by atoms with Crippen LogP contribution >= 0.6 is 0 Å². The molecule has 1 N–H and O–H groups in total. The van der Waals surface area contributed by atoms with E-state index in [9.17, 15) is 9.18 Å². The highest BCUT2D eigenvalue weighted by Crippen LogP contribution is 2.28. The molecule has 7 nitrogen and oxygen atoms in total. The van der Waals surface area contributed by atoms with Gasteiger partial charge in [0.15, 0.2) is 23.1 Å². The third-order valence-electron chi connectivity index (χ3n) is 3.57. The number of carbonyl (C=O) groups excluding carboxylic acids is 1. The molecule has 1 amide bonds. The van der Waals surface area contributed by atoms with Crippen LogP contribution in [0.25, 0.3) is 0 Å². The number of methoxy groups -OCH3 is 2. The van der Waals surface area contributed by atoms with Crippen molar-refractivity contribution in [2.45, 2.75) is 0 Å². The summed E-state index contributed by atoms with van der Waals surface area (Å²) in [5, 5.41) is 2.66. The number of hydrogen-bond donors (Lipinski definition) is 1. The first-order valence-corrected chi connectivity index (χ1v) is 7.88. The van der Waals surface area contributed by atoms with E-state index < -0.39 is 5.82 Å². The summed E-state index contributed by atoms with van der Waals surface area (Å²) in [7, 11) is 3.00. The number of aromatic nitrogens is 2. The Morgan fingerprint density at radius 2 is 1.67 bits per heavy atom. The second-order valence-corrected chi connectivity index (χ2v) is 5.31. The Kier molecular flexibility index (Phi) is 5.46. The molecule has 0 saturated heterocycles. The third kappa shape index (κ3) is 4.30. The molecule has 1 heterocycles. The summed E-state index contributed by atoms with van der Waals surface area (Å²) >= 11 is 0. The molecule has 2 aromatic carbocycles. The number of carbonyl (C=O) groups is 1. The lowest BCUT2D eigenvalue weighted by molar-refractivity contribution is 0.102. The maximum atomic E-state index is 13.6. The van der Waals surface area contributed by atoms with Crippen molar-refractivity contribution in [3.63, 3.8) is 0 Å². The second-order valence-electron chi connectivity index (χ2n) is 5.31. The van der Waals surface area contributed by atoms with E-state index in [0.29, 0.717) is 22.7 Å². The first-order valence-electron chi connectivity index (χ1n) is 7.88. The van der Waals surface area contributed by atoms with Crippen molar-refractivity contribution in [2.75, 3.05) is 19.5 Å². The number of hydrogen-bond acceptors (Lipinski definition) is 6. The number of ether oxygens (including phenoxy) is 3. The fraction of sp³-hybridized carbons (Fsp3) is 0.105. The molecule has 0 fully saturated rings. The number of amides is 1. The van der Waals surface area contributed by atoms with Crippen LogP contribution in [-0.4, -0.2) is 30.1 Å². The van der Waals surface area contributed by atoms with Crippen molar-refractivity contribution in [3.05, 3.63) is 66.2 Å². The van der Waals surface area contributed by atoms with Gasteiger partial charge in [-0.05, 0) is 30.3 Å². The molecule has 0 atom stereocenters. The average Bonchev–Trinajstić information content (AvgIpc) is 2.70. The van der Waals surface area contributed by atoms with Crippen molar-refractivity contribution in [3.8, 4) is 23.3 Å². The van der Waals surface area contributed by atoms with Crippen LogP contribution in [0, 0.1) is 5.82 Å². The summed E-state index contributed by atoms with van der Waals surface area (Å²) in [6.45, 7) is 0. The van der Waals surface area contributed by atoms with Gasteiger partial charge in [0.1, 0.15) is 0 Å². The summed E-state index contributed by atoms with van der Waals surface area (Å²) in [6.07, 6.45) is 2.73. The van der Waals surface area contributed by atoms with Gasteiger partial charge in [0.05, 0.1) is 32.3 Å². The molecule has 0 saturated carbocycles. The molecule has 1 aromatic heterocycles. The lowest BCUT2D eigenvalue weighted by Crippen LogP contribution is -2.12. The first kappa shape index (κ1) is 18.1. The van der Waals surface area contributed by atoms with Crippen molar-refractivity contribution >= 4 is 11.6 Å². The largest absolute Gasteiger partial charge is 0.493 e. The maximum Gasteiger partial charge on any atom is 0.322 e.